The number of nitrogens with two attached hydrogens (primary N) is 1. The van der Waals surface area contributed by atoms with Gasteiger partial charge in [0.25, 0.3) is 0 Å². The number of nitrogens with zero attached hydrogens (tertiary/aromatic N) is 1. The Bertz CT molecular complexity index is 412. The Hall–Kier alpha value is -1.20. The number of carbonyl (C=O) groups excluding carboxylic acids is 1. The molecule has 0 saturated heterocycles. The third-order valence-electron chi connectivity index (χ3n) is 1.80. The number of anilines is 1. The number of methoxy groups -OCH3 is 1. The van der Waals surface area contributed by atoms with E-state index in [1.54, 1.807) is 0 Å². The predicted molar refractivity (Wildman–Crippen MR) is 60.8 cm³/mol. The van der Waals surface area contributed by atoms with Crippen LogP contribution in [0.5, 0.6) is 5.88 Å². The average Bonchev–Trinajstić information content (AvgIpc) is 2.28. The molecule has 5 nitrogen and oxygen atoms in total. The normalized spacial score (nSPS) is 12.0. The van der Waals surface area contributed by atoms with E-state index < -0.39 is 12.1 Å². The standard InChI is InChI=1S/C9H10Cl2N2O3/c1-4(9(14)15-2)16-8-6(11)7(12)5(10)3-13-8/h3-4H,1-2H3,(H2,12,13). The van der Waals surface area contributed by atoms with Crippen molar-refractivity contribution >= 4 is 34.9 Å². The molecule has 1 aromatic heterocycles. The van der Waals surface area contributed by atoms with E-state index in [-0.39, 0.29) is 21.6 Å². The van der Waals surface area contributed by atoms with Crippen LogP contribution < -0.4 is 10.5 Å². The summed E-state index contributed by atoms with van der Waals surface area (Å²) in [6.07, 6.45) is 0.470. The van der Waals surface area contributed by atoms with Gasteiger partial charge in [-0.1, -0.05) is 23.2 Å². The maximum absolute atomic E-state index is 11.1. The third-order valence-corrected chi connectivity index (χ3v) is 2.46. The molecule has 7 heteroatoms. The van der Waals surface area contributed by atoms with E-state index in [1.807, 2.05) is 0 Å². The highest BCUT2D eigenvalue weighted by atomic mass is 35.5. The minimum atomic E-state index is -0.824. The van der Waals surface area contributed by atoms with Gasteiger partial charge < -0.3 is 15.2 Å². The number of hydrogen-bond acceptors (Lipinski definition) is 5. The number of rotatable bonds is 3. The summed E-state index contributed by atoms with van der Waals surface area (Å²) in [6, 6.07) is 0. The van der Waals surface area contributed by atoms with Crippen LogP contribution in [0.3, 0.4) is 0 Å². The Morgan fingerprint density at radius 1 is 1.56 bits per heavy atom. The lowest BCUT2D eigenvalue weighted by molar-refractivity contribution is -0.148. The molecule has 1 unspecified atom stereocenters. The first-order valence-corrected chi connectivity index (χ1v) is 5.07. The first kappa shape index (κ1) is 12.9. The fraction of sp³-hybridized carbons (Fsp3) is 0.333. The SMILES string of the molecule is COC(=O)C(C)Oc1ncc(Cl)c(N)c1Cl. The van der Waals surface area contributed by atoms with Crippen molar-refractivity contribution < 1.29 is 14.3 Å². The molecule has 2 N–H and O–H groups in total. The Morgan fingerprint density at radius 2 is 2.19 bits per heavy atom. The van der Waals surface area contributed by atoms with E-state index in [1.165, 1.54) is 20.2 Å². The fourth-order valence-corrected chi connectivity index (χ4v) is 1.31. The molecule has 0 aromatic carbocycles. The summed E-state index contributed by atoms with van der Waals surface area (Å²) in [5, 5.41) is 0.298. The van der Waals surface area contributed by atoms with Gasteiger partial charge in [-0.25, -0.2) is 9.78 Å². The summed E-state index contributed by atoms with van der Waals surface area (Å²) in [4.78, 5) is 14.9. The molecular formula is C9H10Cl2N2O3. The van der Waals surface area contributed by atoms with Gasteiger partial charge in [0.15, 0.2) is 6.10 Å². The van der Waals surface area contributed by atoms with E-state index in [9.17, 15) is 4.79 Å². The Morgan fingerprint density at radius 3 is 2.75 bits per heavy atom. The van der Waals surface area contributed by atoms with Gasteiger partial charge in [0.2, 0.25) is 5.88 Å². The average molecular weight is 265 g/mol. The van der Waals surface area contributed by atoms with Crippen LogP contribution in [0.4, 0.5) is 5.69 Å². The summed E-state index contributed by atoms with van der Waals surface area (Å²) in [6.45, 7) is 1.51. The van der Waals surface area contributed by atoms with E-state index in [2.05, 4.69) is 9.72 Å². The van der Waals surface area contributed by atoms with Crippen LogP contribution >= 0.6 is 23.2 Å². The highest BCUT2D eigenvalue weighted by molar-refractivity contribution is 6.39. The van der Waals surface area contributed by atoms with Gasteiger partial charge in [-0.05, 0) is 6.92 Å². The van der Waals surface area contributed by atoms with Crippen molar-refractivity contribution in [3.05, 3.63) is 16.2 Å². The van der Waals surface area contributed by atoms with Crippen molar-refractivity contribution in [2.45, 2.75) is 13.0 Å². The fourth-order valence-electron chi connectivity index (χ4n) is 0.925. The van der Waals surface area contributed by atoms with E-state index in [0.717, 1.165) is 0 Å². The van der Waals surface area contributed by atoms with Gasteiger partial charge in [-0.3, -0.25) is 0 Å². The molecule has 16 heavy (non-hydrogen) atoms. The second-order valence-electron chi connectivity index (χ2n) is 2.92. The minimum absolute atomic E-state index is 0.0430. The number of halogens is 2. The van der Waals surface area contributed by atoms with E-state index in [0.29, 0.717) is 0 Å². The van der Waals surface area contributed by atoms with Gasteiger partial charge in [0.05, 0.1) is 24.0 Å². The summed E-state index contributed by atoms with van der Waals surface area (Å²) in [7, 11) is 1.26. The molecule has 0 amide bonds. The second-order valence-corrected chi connectivity index (χ2v) is 3.71. The Labute approximate surface area is 102 Å². The predicted octanol–water partition coefficient (Wildman–Crippen LogP) is 1.91. The van der Waals surface area contributed by atoms with Crippen molar-refractivity contribution in [1.29, 1.82) is 0 Å². The second kappa shape index (κ2) is 5.23. The monoisotopic (exact) mass is 264 g/mol. The van der Waals surface area contributed by atoms with Crippen LogP contribution in [-0.2, 0) is 9.53 Å². The van der Waals surface area contributed by atoms with Gasteiger partial charge in [0, 0.05) is 0 Å². The maximum Gasteiger partial charge on any atom is 0.346 e. The first-order chi connectivity index (χ1) is 7.47. The lowest BCUT2D eigenvalue weighted by Gasteiger charge is -2.13. The topological polar surface area (TPSA) is 74.4 Å². The van der Waals surface area contributed by atoms with Crippen molar-refractivity contribution in [1.82, 2.24) is 4.98 Å². The van der Waals surface area contributed by atoms with E-state index in [4.69, 9.17) is 33.7 Å². The quantitative estimate of drug-likeness (QED) is 0.845. The zero-order valence-corrected chi connectivity index (χ0v) is 10.2. The number of esters is 1. The van der Waals surface area contributed by atoms with Crippen LogP contribution in [0.25, 0.3) is 0 Å². The van der Waals surface area contributed by atoms with Gasteiger partial charge in [-0.15, -0.1) is 0 Å². The molecule has 0 fully saturated rings. The first-order valence-electron chi connectivity index (χ1n) is 4.31. The summed E-state index contributed by atoms with van der Waals surface area (Å²) >= 11 is 11.5. The largest absolute Gasteiger partial charge is 0.466 e. The molecular weight excluding hydrogens is 255 g/mol. The number of nitrogen functional groups attached to an aromatic ring is 1. The smallest absolute Gasteiger partial charge is 0.346 e. The molecule has 0 aliphatic rings. The number of pyridine rings is 1. The highest BCUT2D eigenvalue weighted by Crippen LogP contribution is 2.33. The zero-order valence-electron chi connectivity index (χ0n) is 8.66. The van der Waals surface area contributed by atoms with Crippen LogP contribution in [0, 0.1) is 0 Å². The molecule has 1 aromatic rings. The van der Waals surface area contributed by atoms with Crippen LogP contribution in [0.1, 0.15) is 6.92 Å². The summed E-state index contributed by atoms with van der Waals surface area (Å²) in [5.74, 6) is -0.493. The molecule has 1 rings (SSSR count). The molecule has 0 aliphatic heterocycles. The number of ether oxygens (including phenoxy) is 2. The molecule has 0 radical (unpaired) electrons. The Balaban J connectivity index is 2.90. The number of carbonyl (C=O) groups is 1. The molecule has 0 aliphatic carbocycles. The van der Waals surface area contributed by atoms with Crippen LogP contribution in [0.2, 0.25) is 10.0 Å². The molecule has 1 heterocycles. The molecule has 0 spiro atoms. The van der Waals surface area contributed by atoms with Gasteiger partial charge in [0.1, 0.15) is 5.02 Å². The third kappa shape index (κ3) is 2.68. The van der Waals surface area contributed by atoms with Crippen molar-refractivity contribution in [2.24, 2.45) is 0 Å². The van der Waals surface area contributed by atoms with Crippen molar-refractivity contribution in [3.8, 4) is 5.88 Å². The van der Waals surface area contributed by atoms with Crippen molar-refractivity contribution in [3.63, 3.8) is 0 Å². The minimum Gasteiger partial charge on any atom is -0.466 e. The molecule has 0 saturated carbocycles. The lowest BCUT2D eigenvalue weighted by Crippen LogP contribution is -2.25. The van der Waals surface area contributed by atoms with Gasteiger partial charge in [-0.2, -0.15) is 0 Å². The Kier molecular flexibility index (Phi) is 4.20. The summed E-state index contributed by atoms with van der Waals surface area (Å²) < 4.78 is 9.66. The number of hydrogen-bond donors (Lipinski definition) is 1. The van der Waals surface area contributed by atoms with Crippen LogP contribution in [0.15, 0.2) is 6.20 Å². The van der Waals surface area contributed by atoms with Crippen molar-refractivity contribution in [2.75, 3.05) is 12.8 Å². The lowest BCUT2D eigenvalue weighted by atomic mass is 10.4. The van der Waals surface area contributed by atoms with E-state index >= 15 is 0 Å². The number of aromatic nitrogens is 1. The van der Waals surface area contributed by atoms with Gasteiger partial charge >= 0.3 is 5.97 Å². The molecule has 0 bridgehead atoms. The molecule has 88 valence electrons. The maximum atomic E-state index is 11.1. The zero-order chi connectivity index (χ0) is 12.3. The summed E-state index contributed by atoms with van der Waals surface area (Å²) in [5.41, 5.74) is 5.72. The van der Waals surface area contributed by atoms with Crippen LogP contribution in [-0.4, -0.2) is 24.2 Å². The highest BCUT2D eigenvalue weighted by Gasteiger charge is 2.19. The molecule has 1 atom stereocenters.